The molecule has 0 spiro atoms. The number of carbonyl (C=O) groups excluding carboxylic acids is 2. The first-order valence-electron chi connectivity index (χ1n) is 7.52. The summed E-state index contributed by atoms with van der Waals surface area (Å²) >= 11 is 0. The van der Waals surface area contributed by atoms with Crippen molar-refractivity contribution in [2.45, 2.75) is 58.2 Å². The van der Waals surface area contributed by atoms with E-state index in [9.17, 15) is 9.59 Å². The lowest BCUT2D eigenvalue weighted by Crippen LogP contribution is -2.65. The van der Waals surface area contributed by atoms with Crippen LogP contribution in [0.1, 0.15) is 44.3 Å². The van der Waals surface area contributed by atoms with Gasteiger partial charge in [-0.25, -0.2) is 0 Å². The van der Waals surface area contributed by atoms with Gasteiger partial charge in [0.05, 0.1) is 6.54 Å². The van der Waals surface area contributed by atoms with E-state index in [1.54, 1.807) is 16.7 Å². The smallest absolute Gasteiger partial charge is 0.246 e. The summed E-state index contributed by atoms with van der Waals surface area (Å²) in [5.41, 5.74) is 0. The third-order valence-electron chi connectivity index (χ3n) is 4.28. The lowest BCUT2D eigenvalue weighted by Gasteiger charge is -2.46. The van der Waals surface area contributed by atoms with Crippen LogP contribution < -0.4 is 0 Å². The number of aromatic nitrogens is 2. The first-order valence-corrected chi connectivity index (χ1v) is 7.52. The van der Waals surface area contributed by atoms with Crippen LogP contribution in [0.3, 0.4) is 0 Å². The van der Waals surface area contributed by atoms with Crippen molar-refractivity contribution >= 4 is 11.8 Å². The van der Waals surface area contributed by atoms with Crippen molar-refractivity contribution in [3.8, 4) is 0 Å². The van der Waals surface area contributed by atoms with E-state index in [1.165, 1.54) is 0 Å². The van der Waals surface area contributed by atoms with Gasteiger partial charge in [0, 0.05) is 13.5 Å². The number of carbonyl (C=O) groups is 2. The molecule has 3 rings (SSSR count). The summed E-state index contributed by atoms with van der Waals surface area (Å²) in [6.45, 7) is 4.57. The Kier molecular flexibility index (Phi) is 3.65. The molecule has 114 valence electrons. The van der Waals surface area contributed by atoms with Crippen molar-refractivity contribution in [2.24, 2.45) is 0 Å². The molecule has 2 amide bonds. The third kappa shape index (κ3) is 2.41. The normalized spacial score (nSPS) is 26.2. The molecular formula is C14H20N4O3. The number of nitrogens with zero attached hydrogens (tertiary/aromatic N) is 4. The van der Waals surface area contributed by atoms with Gasteiger partial charge in [0.15, 0.2) is 5.82 Å². The number of amides is 2. The molecule has 2 fully saturated rings. The van der Waals surface area contributed by atoms with Crippen LogP contribution in [0.4, 0.5) is 0 Å². The van der Waals surface area contributed by atoms with Crippen molar-refractivity contribution < 1.29 is 14.1 Å². The minimum atomic E-state index is -0.411. The Morgan fingerprint density at radius 2 is 2.10 bits per heavy atom. The van der Waals surface area contributed by atoms with Gasteiger partial charge < -0.3 is 14.3 Å². The maximum atomic E-state index is 12.7. The monoisotopic (exact) mass is 292 g/mol. The van der Waals surface area contributed by atoms with E-state index in [2.05, 4.69) is 10.1 Å². The minimum absolute atomic E-state index is 0.0172. The molecule has 2 unspecified atom stereocenters. The van der Waals surface area contributed by atoms with Gasteiger partial charge in [-0.05, 0) is 25.7 Å². The molecule has 1 aromatic rings. The van der Waals surface area contributed by atoms with Gasteiger partial charge in [-0.15, -0.1) is 0 Å². The Morgan fingerprint density at radius 1 is 1.29 bits per heavy atom. The fraction of sp³-hybridized carbons (Fsp3) is 0.714. The molecule has 2 atom stereocenters. The second kappa shape index (κ2) is 5.46. The number of hydrogen-bond donors (Lipinski definition) is 0. The second-order valence-corrected chi connectivity index (χ2v) is 5.66. The predicted molar refractivity (Wildman–Crippen MR) is 73.0 cm³/mol. The summed E-state index contributed by atoms with van der Waals surface area (Å²) < 4.78 is 4.95. The van der Waals surface area contributed by atoms with Crippen molar-refractivity contribution in [3.05, 3.63) is 11.7 Å². The third-order valence-corrected chi connectivity index (χ3v) is 4.28. The summed E-state index contributed by atoms with van der Waals surface area (Å²) in [5.74, 6) is 0.995. The molecule has 0 radical (unpaired) electrons. The Morgan fingerprint density at radius 3 is 2.76 bits per heavy atom. The minimum Gasteiger partial charge on any atom is -0.340 e. The van der Waals surface area contributed by atoms with Gasteiger partial charge in [-0.3, -0.25) is 9.59 Å². The molecule has 7 heteroatoms. The molecule has 2 aliphatic rings. The zero-order chi connectivity index (χ0) is 15.0. The lowest BCUT2D eigenvalue weighted by atomic mass is 9.94. The number of piperidine rings is 1. The zero-order valence-corrected chi connectivity index (χ0v) is 12.4. The Labute approximate surface area is 123 Å². The largest absolute Gasteiger partial charge is 0.340 e. The number of rotatable bonds is 3. The summed E-state index contributed by atoms with van der Waals surface area (Å²) in [4.78, 5) is 32.9. The molecule has 3 heterocycles. The van der Waals surface area contributed by atoms with E-state index < -0.39 is 6.04 Å². The summed E-state index contributed by atoms with van der Waals surface area (Å²) in [6.07, 6.45) is 3.33. The topological polar surface area (TPSA) is 79.5 Å². The maximum Gasteiger partial charge on any atom is 0.246 e. The van der Waals surface area contributed by atoms with E-state index >= 15 is 0 Å². The predicted octanol–water partition coefficient (Wildman–Crippen LogP) is 0.880. The van der Waals surface area contributed by atoms with Crippen LogP contribution >= 0.6 is 0 Å². The highest BCUT2D eigenvalue weighted by Gasteiger charge is 2.46. The Bertz CT molecular complexity index is 556. The van der Waals surface area contributed by atoms with Gasteiger partial charge in [-0.2, -0.15) is 4.98 Å². The SMILES string of the molecule is CCC1C(=O)N2CCCCC2C(=O)N1Cc1noc(C)n1. The summed E-state index contributed by atoms with van der Waals surface area (Å²) in [5, 5.41) is 3.84. The maximum absolute atomic E-state index is 12.7. The fourth-order valence-electron chi connectivity index (χ4n) is 3.26. The van der Waals surface area contributed by atoms with Crippen LogP contribution in [0.5, 0.6) is 0 Å². The number of hydrogen-bond acceptors (Lipinski definition) is 5. The highest BCUT2D eigenvalue weighted by molar-refractivity contribution is 5.97. The van der Waals surface area contributed by atoms with E-state index in [4.69, 9.17) is 4.52 Å². The van der Waals surface area contributed by atoms with Gasteiger partial charge in [0.2, 0.25) is 17.7 Å². The van der Waals surface area contributed by atoms with Crippen molar-refractivity contribution in [1.82, 2.24) is 19.9 Å². The Balaban J connectivity index is 1.86. The highest BCUT2D eigenvalue weighted by Crippen LogP contribution is 2.28. The molecular weight excluding hydrogens is 272 g/mol. The van der Waals surface area contributed by atoms with E-state index in [0.717, 1.165) is 19.3 Å². The van der Waals surface area contributed by atoms with Crippen LogP contribution in [0.2, 0.25) is 0 Å². The number of aryl methyl sites for hydroxylation is 1. The zero-order valence-electron chi connectivity index (χ0n) is 12.4. The summed E-state index contributed by atoms with van der Waals surface area (Å²) in [7, 11) is 0. The summed E-state index contributed by atoms with van der Waals surface area (Å²) in [6, 6.07) is -0.715. The second-order valence-electron chi connectivity index (χ2n) is 5.66. The fourth-order valence-corrected chi connectivity index (χ4v) is 3.26. The Hall–Kier alpha value is -1.92. The molecule has 2 saturated heterocycles. The van der Waals surface area contributed by atoms with Gasteiger partial charge in [0.1, 0.15) is 12.1 Å². The van der Waals surface area contributed by atoms with E-state index in [-0.39, 0.29) is 24.4 Å². The van der Waals surface area contributed by atoms with Gasteiger partial charge in [-0.1, -0.05) is 12.1 Å². The van der Waals surface area contributed by atoms with Crippen molar-refractivity contribution in [2.75, 3.05) is 6.54 Å². The molecule has 2 aliphatic heterocycles. The van der Waals surface area contributed by atoms with Gasteiger partial charge in [0.25, 0.3) is 0 Å². The highest BCUT2D eigenvalue weighted by atomic mass is 16.5. The molecule has 0 bridgehead atoms. The molecule has 0 N–H and O–H groups in total. The standard InChI is InChI=1S/C14H20N4O3/c1-3-10-13(19)17-7-5-4-6-11(17)14(20)18(10)8-12-15-9(2)21-16-12/h10-11H,3-8H2,1-2H3. The first kappa shape index (κ1) is 14.0. The number of fused-ring (bicyclic) bond motifs is 1. The van der Waals surface area contributed by atoms with Gasteiger partial charge >= 0.3 is 0 Å². The molecule has 0 aromatic carbocycles. The molecule has 0 saturated carbocycles. The first-order chi connectivity index (χ1) is 10.1. The molecule has 1 aromatic heterocycles. The lowest BCUT2D eigenvalue weighted by molar-refractivity contribution is -0.164. The van der Waals surface area contributed by atoms with Crippen LogP contribution in [0, 0.1) is 6.92 Å². The molecule has 21 heavy (non-hydrogen) atoms. The quantitative estimate of drug-likeness (QED) is 0.826. The van der Waals surface area contributed by atoms with Crippen LogP contribution in [0.15, 0.2) is 4.52 Å². The average molecular weight is 292 g/mol. The van der Waals surface area contributed by atoms with E-state index in [0.29, 0.717) is 24.7 Å². The van der Waals surface area contributed by atoms with Crippen LogP contribution in [-0.2, 0) is 16.1 Å². The van der Waals surface area contributed by atoms with Crippen molar-refractivity contribution in [1.29, 1.82) is 0 Å². The van der Waals surface area contributed by atoms with Crippen molar-refractivity contribution in [3.63, 3.8) is 0 Å². The van der Waals surface area contributed by atoms with Crippen LogP contribution in [0.25, 0.3) is 0 Å². The average Bonchev–Trinajstić information content (AvgIpc) is 2.90. The van der Waals surface area contributed by atoms with Crippen LogP contribution in [-0.4, -0.2) is 50.4 Å². The van der Waals surface area contributed by atoms with E-state index in [1.807, 2.05) is 6.92 Å². The molecule has 0 aliphatic carbocycles. The number of piperazine rings is 1. The molecule has 7 nitrogen and oxygen atoms in total.